The molecule has 0 saturated carbocycles. The number of aryl methyl sites for hydroxylation is 1. The first-order valence-electron chi connectivity index (χ1n) is 10.3. The second-order valence-electron chi connectivity index (χ2n) is 7.73. The molecule has 0 unspecified atom stereocenters. The summed E-state index contributed by atoms with van der Waals surface area (Å²) in [4.78, 5) is 17.4. The number of rotatable bonds is 5. The number of hydrogen-bond acceptors (Lipinski definition) is 6. The maximum Gasteiger partial charge on any atom is 0.291 e. The van der Waals surface area contributed by atoms with Crippen LogP contribution in [0.15, 0.2) is 65.8 Å². The summed E-state index contributed by atoms with van der Waals surface area (Å²) >= 11 is 1.31. The van der Waals surface area contributed by atoms with Gasteiger partial charge in [0, 0.05) is 17.3 Å². The number of para-hydroxylation sites is 1. The Morgan fingerprint density at radius 3 is 2.66 bits per heavy atom. The largest absolute Gasteiger partial charge is 0.491 e. The van der Waals surface area contributed by atoms with E-state index in [2.05, 4.69) is 16.1 Å². The molecular formula is C24H21N5O2S. The molecule has 0 atom stereocenters. The van der Waals surface area contributed by atoms with E-state index in [-0.39, 0.29) is 11.7 Å². The quantitative estimate of drug-likeness (QED) is 0.415. The van der Waals surface area contributed by atoms with Crippen LogP contribution in [0.5, 0.6) is 5.75 Å². The normalized spacial score (nSPS) is 12.2. The van der Waals surface area contributed by atoms with Crippen LogP contribution in [0.1, 0.15) is 25.0 Å². The van der Waals surface area contributed by atoms with Gasteiger partial charge in [0.25, 0.3) is 5.56 Å². The van der Waals surface area contributed by atoms with Gasteiger partial charge in [-0.3, -0.25) is 4.79 Å². The second-order valence-corrected chi connectivity index (χ2v) is 8.74. The van der Waals surface area contributed by atoms with Crippen molar-refractivity contribution < 1.29 is 4.74 Å². The predicted octanol–water partition coefficient (Wildman–Crippen LogP) is 3.65. The van der Waals surface area contributed by atoms with E-state index in [4.69, 9.17) is 9.84 Å². The molecule has 0 aliphatic heterocycles. The summed E-state index contributed by atoms with van der Waals surface area (Å²) in [6.07, 6.45) is 5.29. The molecule has 0 aliphatic rings. The number of fused-ring (bicyclic) bond motifs is 1. The van der Waals surface area contributed by atoms with Gasteiger partial charge in [0.05, 0.1) is 16.3 Å². The summed E-state index contributed by atoms with van der Waals surface area (Å²) in [5.74, 6) is 0.851. The van der Waals surface area contributed by atoms with Crippen LogP contribution in [-0.4, -0.2) is 30.5 Å². The molecule has 0 spiro atoms. The highest BCUT2D eigenvalue weighted by Gasteiger charge is 2.14. The van der Waals surface area contributed by atoms with Gasteiger partial charge >= 0.3 is 0 Å². The molecule has 5 aromatic rings. The number of hydrogen-bond donors (Lipinski definition) is 0. The van der Waals surface area contributed by atoms with Crippen LogP contribution in [0.25, 0.3) is 28.0 Å². The molecule has 0 amide bonds. The third-order valence-corrected chi connectivity index (χ3v) is 5.96. The van der Waals surface area contributed by atoms with Gasteiger partial charge in [-0.25, -0.2) is 9.67 Å². The van der Waals surface area contributed by atoms with E-state index in [1.165, 1.54) is 22.2 Å². The van der Waals surface area contributed by atoms with Gasteiger partial charge in [-0.05, 0) is 62.7 Å². The summed E-state index contributed by atoms with van der Waals surface area (Å²) in [5.41, 5.74) is 4.36. The molecular weight excluding hydrogens is 422 g/mol. The molecule has 7 nitrogen and oxygen atoms in total. The van der Waals surface area contributed by atoms with Crippen LogP contribution < -0.4 is 14.8 Å². The zero-order valence-corrected chi connectivity index (χ0v) is 18.7. The molecule has 2 aromatic carbocycles. The van der Waals surface area contributed by atoms with E-state index in [0.29, 0.717) is 9.49 Å². The lowest BCUT2D eigenvalue weighted by Gasteiger charge is -2.13. The minimum Gasteiger partial charge on any atom is -0.491 e. The Morgan fingerprint density at radius 1 is 1.12 bits per heavy atom. The SMILES string of the molecule is Cc1cc(-c2nn(-c3ccccc3)cc2/C=c2/sc3ncnn3c2=O)ccc1OC(C)C. The van der Waals surface area contributed by atoms with E-state index >= 15 is 0 Å². The average molecular weight is 444 g/mol. The fraction of sp³-hybridized carbons (Fsp3) is 0.167. The topological polar surface area (TPSA) is 74.3 Å². The second kappa shape index (κ2) is 8.05. The lowest BCUT2D eigenvalue weighted by Crippen LogP contribution is -2.23. The summed E-state index contributed by atoms with van der Waals surface area (Å²) in [7, 11) is 0. The Bertz CT molecular complexity index is 1520. The molecule has 160 valence electrons. The molecule has 0 N–H and O–H groups in total. The van der Waals surface area contributed by atoms with Gasteiger partial charge in [-0.1, -0.05) is 29.5 Å². The van der Waals surface area contributed by atoms with Crippen LogP contribution in [0.4, 0.5) is 0 Å². The predicted molar refractivity (Wildman–Crippen MR) is 125 cm³/mol. The van der Waals surface area contributed by atoms with Crippen molar-refractivity contribution in [1.29, 1.82) is 0 Å². The van der Waals surface area contributed by atoms with Crippen molar-refractivity contribution in [2.75, 3.05) is 0 Å². The average Bonchev–Trinajstić information content (AvgIpc) is 3.48. The zero-order chi connectivity index (χ0) is 22.2. The highest BCUT2D eigenvalue weighted by Crippen LogP contribution is 2.29. The van der Waals surface area contributed by atoms with Crippen molar-refractivity contribution in [3.05, 3.63) is 87.1 Å². The third kappa shape index (κ3) is 3.69. The summed E-state index contributed by atoms with van der Waals surface area (Å²) < 4.78 is 9.60. The van der Waals surface area contributed by atoms with Crippen LogP contribution in [0.3, 0.4) is 0 Å². The van der Waals surface area contributed by atoms with Crippen molar-refractivity contribution in [1.82, 2.24) is 24.4 Å². The van der Waals surface area contributed by atoms with Crippen molar-refractivity contribution in [2.45, 2.75) is 26.9 Å². The number of aromatic nitrogens is 5. The van der Waals surface area contributed by atoms with Gasteiger partial charge in [0.15, 0.2) is 0 Å². The van der Waals surface area contributed by atoms with Crippen LogP contribution in [-0.2, 0) is 0 Å². The molecule has 0 bridgehead atoms. The van der Waals surface area contributed by atoms with Crippen LogP contribution in [0.2, 0.25) is 0 Å². The summed E-state index contributed by atoms with van der Waals surface area (Å²) in [6.45, 7) is 6.04. The van der Waals surface area contributed by atoms with E-state index in [0.717, 1.165) is 33.8 Å². The molecule has 5 rings (SSSR count). The van der Waals surface area contributed by atoms with E-state index in [1.807, 2.05) is 80.2 Å². The Morgan fingerprint density at radius 2 is 1.94 bits per heavy atom. The standard InChI is InChI=1S/C24H21N5O2S/c1-15(2)31-20-10-9-17(11-16(20)3)22-18(13-28(27-22)19-7-5-4-6-8-19)12-21-23(30)29-24(32-21)25-14-26-29/h4-15H,1-3H3/b21-12+. The number of thiazole rings is 1. The lowest BCUT2D eigenvalue weighted by atomic mass is 10.0. The Labute approximate surface area is 188 Å². The highest BCUT2D eigenvalue weighted by molar-refractivity contribution is 7.15. The van der Waals surface area contributed by atoms with Gasteiger partial charge in [-0.2, -0.15) is 14.7 Å². The first kappa shape index (κ1) is 20.1. The minimum absolute atomic E-state index is 0.0996. The smallest absolute Gasteiger partial charge is 0.291 e. The van der Waals surface area contributed by atoms with Gasteiger partial charge < -0.3 is 4.74 Å². The van der Waals surface area contributed by atoms with E-state index < -0.39 is 0 Å². The van der Waals surface area contributed by atoms with Crippen LogP contribution in [0, 0.1) is 6.92 Å². The molecule has 8 heteroatoms. The van der Waals surface area contributed by atoms with Crippen LogP contribution >= 0.6 is 11.3 Å². The third-order valence-electron chi connectivity index (χ3n) is 4.98. The monoisotopic (exact) mass is 443 g/mol. The molecule has 32 heavy (non-hydrogen) atoms. The van der Waals surface area contributed by atoms with Gasteiger partial charge in [-0.15, -0.1) is 0 Å². The molecule has 0 fully saturated rings. The maximum absolute atomic E-state index is 12.7. The maximum atomic E-state index is 12.7. The van der Waals surface area contributed by atoms with Gasteiger partial charge in [0.1, 0.15) is 17.8 Å². The molecule has 0 saturated heterocycles. The fourth-order valence-corrected chi connectivity index (χ4v) is 4.40. The van der Waals surface area contributed by atoms with Crippen molar-refractivity contribution in [2.24, 2.45) is 0 Å². The molecule has 3 aromatic heterocycles. The van der Waals surface area contributed by atoms with Crippen molar-refractivity contribution in [3.63, 3.8) is 0 Å². The van der Waals surface area contributed by atoms with Crippen molar-refractivity contribution >= 4 is 22.4 Å². The van der Waals surface area contributed by atoms with Gasteiger partial charge in [0.2, 0.25) is 4.96 Å². The first-order valence-corrected chi connectivity index (χ1v) is 11.1. The fourth-order valence-electron chi connectivity index (χ4n) is 3.53. The Hall–Kier alpha value is -3.78. The Kier molecular flexibility index (Phi) is 5.07. The minimum atomic E-state index is -0.183. The molecule has 0 radical (unpaired) electrons. The van der Waals surface area contributed by atoms with E-state index in [9.17, 15) is 4.79 Å². The Balaban J connectivity index is 1.68. The molecule has 3 heterocycles. The molecule has 0 aliphatic carbocycles. The van der Waals surface area contributed by atoms with E-state index in [1.54, 1.807) is 0 Å². The summed E-state index contributed by atoms with van der Waals surface area (Å²) in [5, 5.41) is 8.87. The zero-order valence-electron chi connectivity index (χ0n) is 17.9. The number of benzene rings is 2. The number of ether oxygens (including phenoxy) is 1. The van der Waals surface area contributed by atoms with Crippen molar-refractivity contribution in [3.8, 4) is 22.7 Å². The lowest BCUT2D eigenvalue weighted by molar-refractivity contribution is 0.241. The number of nitrogens with zero attached hydrogens (tertiary/aromatic N) is 5. The summed E-state index contributed by atoms with van der Waals surface area (Å²) in [6, 6.07) is 15.9. The first-order chi connectivity index (χ1) is 15.5. The highest BCUT2D eigenvalue weighted by atomic mass is 32.1.